The monoisotopic (exact) mass is 321 g/mol. The number of likely N-dealkylation sites (tertiary alicyclic amines) is 1. The average Bonchev–Trinajstić information content (AvgIpc) is 3.17. The van der Waals surface area contributed by atoms with E-state index in [4.69, 9.17) is 9.26 Å². The Morgan fingerprint density at radius 2 is 2.32 bits per heavy atom. The molecule has 7 heteroatoms. The predicted molar refractivity (Wildman–Crippen MR) is 81.4 cm³/mol. The molecule has 3 heterocycles. The van der Waals surface area contributed by atoms with Gasteiger partial charge in [-0.3, -0.25) is 4.79 Å². The first-order valence-electron chi connectivity index (χ1n) is 7.40. The van der Waals surface area contributed by atoms with Crippen molar-refractivity contribution in [1.29, 1.82) is 0 Å². The third-order valence-corrected chi connectivity index (χ3v) is 4.47. The standard InChI is InChI=1S/C15H19N3O3S/c1-11-16-14(21-17-11)9-20-13-2-5-18(6-3-13)15(19)8-12-4-7-22-10-12/h4,7,10,13H,2-3,5-6,8-9H2,1H3. The molecule has 6 nitrogen and oxygen atoms in total. The molecule has 3 rings (SSSR count). The summed E-state index contributed by atoms with van der Waals surface area (Å²) in [7, 11) is 0. The topological polar surface area (TPSA) is 68.5 Å². The second kappa shape index (κ2) is 7.02. The molecule has 0 N–H and O–H groups in total. The number of hydrogen-bond donors (Lipinski definition) is 0. The van der Waals surface area contributed by atoms with Crippen molar-refractivity contribution in [2.24, 2.45) is 0 Å². The van der Waals surface area contributed by atoms with E-state index in [1.54, 1.807) is 18.3 Å². The Morgan fingerprint density at radius 1 is 1.50 bits per heavy atom. The van der Waals surface area contributed by atoms with Crippen LogP contribution in [0.5, 0.6) is 0 Å². The second-order valence-corrected chi connectivity index (χ2v) is 6.21. The largest absolute Gasteiger partial charge is 0.368 e. The number of piperidine rings is 1. The van der Waals surface area contributed by atoms with Crippen LogP contribution in [0.4, 0.5) is 0 Å². The molecule has 2 aromatic rings. The fourth-order valence-electron chi connectivity index (χ4n) is 2.54. The minimum absolute atomic E-state index is 0.150. The molecule has 22 heavy (non-hydrogen) atoms. The van der Waals surface area contributed by atoms with E-state index in [9.17, 15) is 4.79 Å². The quantitative estimate of drug-likeness (QED) is 0.844. The van der Waals surface area contributed by atoms with Gasteiger partial charge in [-0.2, -0.15) is 16.3 Å². The highest BCUT2D eigenvalue weighted by Gasteiger charge is 2.23. The molecule has 0 spiro atoms. The van der Waals surface area contributed by atoms with Crippen molar-refractivity contribution < 1.29 is 14.1 Å². The van der Waals surface area contributed by atoms with Crippen LogP contribution in [-0.2, 0) is 22.6 Å². The highest BCUT2D eigenvalue weighted by Crippen LogP contribution is 2.17. The highest BCUT2D eigenvalue weighted by molar-refractivity contribution is 7.07. The number of rotatable bonds is 5. The molecule has 1 aliphatic heterocycles. The average molecular weight is 321 g/mol. The maximum atomic E-state index is 12.2. The minimum Gasteiger partial charge on any atom is -0.368 e. The zero-order valence-electron chi connectivity index (χ0n) is 12.5. The van der Waals surface area contributed by atoms with E-state index in [-0.39, 0.29) is 12.0 Å². The second-order valence-electron chi connectivity index (χ2n) is 5.43. The molecule has 1 saturated heterocycles. The molecule has 1 fully saturated rings. The molecular weight excluding hydrogens is 302 g/mol. The number of thiophene rings is 1. The lowest BCUT2D eigenvalue weighted by atomic mass is 10.1. The highest BCUT2D eigenvalue weighted by atomic mass is 32.1. The van der Waals surface area contributed by atoms with Crippen LogP contribution in [0.1, 0.15) is 30.1 Å². The molecule has 0 aromatic carbocycles. The number of carbonyl (C=O) groups is 1. The van der Waals surface area contributed by atoms with Crippen LogP contribution in [0.3, 0.4) is 0 Å². The lowest BCUT2D eigenvalue weighted by molar-refractivity contribution is -0.133. The number of aromatic nitrogens is 2. The summed E-state index contributed by atoms with van der Waals surface area (Å²) in [5, 5.41) is 7.76. The van der Waals surface area contributed by atoms with Gasteiger partial charge < -0.3 is 14.2 Å². The minimum atomic E-state index is 0.150. The SMILES string of the molecule is Cc1noc(COC2CCN(C(=O)Cc3ccsc3)CC2)n1. The summed E-state index contributed by atoms with van der Waals surface area (Å²) in [5.74, 6) is 1.32. The summed E-state index contributed by atoms with van der Waals surface area (Å²) in [5.41, 5.74) is 1.10. The maximum Gasteiger partial charge on any atom is 0.252 e. The third kappa shape index (κ3) is 3.92. The van der Waals surface area contributed by atoms with Gasteiger partial charge >= 0.3 is 0 Å². The molecule has 1 amide bonds. The van der Waals surface area contributed by atoms with Crippen LogP contribution >= 0.6 is 11.3 Å². The van der Waals surface area contributed by atoms with Gasteiger partial charge in [0.2, 0.25) is 5.91 Å². The first-order valence-corrected chi connectivity index (χ1v) is 8.34. The van der Waals surface area contributed by atoms with Crippen LogP contribution < -0.4 is 0 Å². The van der Waals surface area contributed by atoms with Crippen molar-refractivity contribution in [2.75, 3.05) is 13.1 Å². The van der Waals surface area contributed by atoms with Gasteiger partial charge in [0.05, 0.1) is 12.5 Å². The fraction of sp³-hybridized carbons (Fsp3) is 0.533. The molecule has 0 bridgehead atoms. The summed E-state index contributed by atoms with van der Waals surface area (Å²) in [4.78, 5) is 18.2. The van der Waals surface area contributed by atoms with Crippen LogP contribution in [0.2, 0.25) is 0 Å². The molecule has 0 atom stereocenters. The summed E-state index contributed by atoms with van der Waals surface area (Å²) in [6.45, 7) is 3.62. The van der Waals surface area contributed by atoms with Crippen molar-refractivity contribution in [2.45, 2.75) is 38.9 Å². The van der Waals surface area contributed by atoms with E-state index < -0.39 is 0 Å². The smallest absolute Gasteiger partial charge is 0.252 e. The Labute approximate surface area is 133 Å². The van der Waals surface area contributed by atoms with Gasteiger partial charge in [0.15, 0.2) is 5.82 Å². The molecule has 0 unspecified atom stereocenters. The van der Waals surface area contributed by atoms with Crippen LogP contribution in [0.15, 0.2) is 21.3 Å². The van der Waals surface area contributed by atoms with E-state index in [1.165, 1.54) is 0 Å². The lowest BCUT2D eigenvalue weighted by Crippen LogP contribution is -2.41. The fourth-order valence-corrected chi connectivity index (χ4v) is 3.21. The van der Waals surface area contributed by atoms with Crippen molar-refractivity contribution in [3.05, 3.63) is 34.1 Å². The summed E-state index contributed by atoms with van der Waals surface area (Å²) in [6, 6.07) is 2.00. The van der Waals surface area contributed by atoms with E-state index in [1.807, 2.05) is 21.7 Å². The van der Waals surface area contributed by atoms with Crippen molar-refractivity contribution in [3.63, 3.8) is 0 Å². The van der Waals surface area contributed by atoms with Gasteiger partial charge in [-0.05, 0) is 42.2 Å². The Kier molecular flexibility index (Phi) is 4.84. The molecular formula is C15H19N3O3S. The number of carbonyl (C=O) groups excluding carboxylic acids is 1. The van der Waals surface area contributed by atoms with Gasteiger partial charge in [0.1, 0.15) is 6.61 Å². The van der Waals surface area contributed by atoms with Crippen molar-refractivity contribution in [3.8, 4) is 0 Å². The molecule has 1 aliphatic rings. The number of ether oxygens (including phenoxy) is 1. The number of nitrogens with zero attached hydrogens (tertiary/aromatic N) is 3. The zero-order chi connectivity index (χ0) is 15.4. The van der Waals surface area contributed by atoms with Crippen LogP contribution in [0, 0.1) is 6.92 Å². The first-order chi connectivity index (χ1) is 10.7. The summed E-state index contributed by atoms with van der Waals surface area (Å²) >= 11 is 1.62. The normalized spacial score (nSPS) is 16.1. The van der Waals surface area contributed by atoms with E-state index in [0.717, 1.165) is 31.5 Å². The summed E-state index contributed by atoms with van der Waals surface area (Å²) in [6.07, 6.45) is 2.35. The Balaban J connectivity index is 1.41. The predicted octanol–water partition coefficient (Wildman–Crippen LogP) is 2.19. The molecule has 2 aromatic heterocycles. The van der Waals surface area contributed by atoms with Gasteiger partial charge in [-0.15, -0.1) is 0 Å². The van der Waals surface area contributed by atoms with E-state index >= 15 is 0 Å². The van der Waals surface area contributed by atoms with Gasteiger partial charge in [0, 0.05) is 13.1 Å². The van der Waals surface area contributed by atoms with Gasteiger partial charge in [0.25, 0.3) is 5.89 Å². The van der Waals surface area contributed by atoms with Crippen molar-refractivity contribution in [1.82, 2.24) is 15.0 Å². The Bertz CT molecular complexity index is 603. The number of aryl methyl sites for hydroxylation is 1. The third-order valence-electron chi connectivity index (χ3n) is 3.74. The summed E-state index contributed by atoms with van der Waals surface area (Å²) < 4.78 is 10.8. The van der Waals surface area contributed by atoms with Crippen LogP contribution in [-0.4, -0.2) is 40.1 Å². The van der Waals surface area contributed by atoms with Crippen LogP contribution in [0.25, 0.3) is 0 Å². The number of amides is 1. The van der Waals surface area contributed by atoms with E-state index in [0.29, 0.717) is 24.7 Å². The van der Waals surface area contributed by atoms with E-state index in [2.05, 4.69) is 10.1 Å². The van der Waals surface area contributed by atoms with Gasteiger partial charge in [-0.25, -0.2) is 0 Å². The molecule has 0 radical (unpaired) electrons. The molecule has 0 aliphatic carbocycles. The van der Waals surface area contributed by atoms with Crippen molar-refractivity contribution >= 4 is 17.2 Å². The number of hydrogen-bond acceptors (Lipinski definition) is 6. The maximum absolute atomic E-state index is 12.2. The zero-order valence-corrected chi connectivity index (χ0v) is 13.3. The molecule has 0 saturated carbocycles. The molecule has 118 valence electrons. The lowest BCUT2D eigenvalue weighted by Gasteiger charge is -2.31. The first kappa shape index (κ1) is 15.2. The Morgan fingerprint density at radius 3 is 2.95 bits per heavy atom. The Hall–Kier alpha value is -1.73. The van der Waals surface area contributed by atoms with Gasteiger partial charge in [-0.1, -0.05) is 5.16 Å².